The van der Waals surface area contributed by atoms with E-state index in [1.54, 1.807) is 0 Å². The summed E-state index contributed by atoms with van der Waals surface area (Å²) in [6.45, 7) is 2.08. The van der Waals surface area contributed by atoms with E-state index >= 15 is 0 Å². The van der Waals surface area contributed by atoms with Gasteiger partial charge in [-0.05, 0) is 24.1 Å². The third kappa shape index (κ3) is 2.86. The van der Waals surface area contributed by atoms with Gasteiger partial charge in [-0.2, -0.15) is 0 Å². The summed E-state index contributed by atoms with van der Waals surface area (Å²) >= 11 is 0. The van der Waals surface area contributed by atoms with Crippen molar-refractivity contribution < 1.29 is 0 Å². The number of hydrogen-bond donors (Lipinski definition) is 0. The zero-order valence-corrected chi connectivity index (χ0v) is 9.85. The van der Waals surface area contributed by atoms with Gasteiger partial charge in [0.15, 0.2) is 0 Å². The van der Waals surface area contributed by atoms with E-state index in [1.165, 1.54) is 5.56 Å². The summed E-state index contributed by atoms with van der Waals surface area (Å²) in [5.41, 5.74) is 4.38. The van der Waals surface area contributed by atoms with Crippen molar-refractivity contribution in [2.24, 2.45) is 0 Å². The molecule has 0 aliphatic carbocycles. The molecule has 0 spiro atoms. The van der Waals surface area contributed by atoms with Crippen molar-refractivity contribution >= 4 is 11.6 Å². The van der Waals surface area contributed by atoms with Crippen LogP contribution in [0, 0.1) is 19.3 Å². The second-order valence-corrected chi connectivity index (χ2v) is 3.98. The molecule has 0 nitrogen and oxygen atoms in total. The van der Waals surface area contributed by atoms with Gasteiger partial charge in [0.25, 0.3) is 0 Å². The summed E-state index contributed by atoms with van der Waals surface area (Å²) in [5, 5.41) is 0. The minimum absolute atomic E-state index is 0.912. The fourth-order valence-corrected chi connectivity index (χ4v) is 1.66. The van der Waals surface area contributed by atoms with Crippen molar-refractivity contribution in [1.29, 1.82) is 0 Å². The summed E-state index contributed by atoms with van der Waals surface area (Å²) in [4.78, 5) is 0. The van der Waals surface area contributed by atoms with Gasteiger partial charge in [0.05, 0.1) is 0 Å². The fourth-order valence-electron chi connectivity index (χ4n) is 1.66. The molecule has 0 amide bonds. The summed E-state index contributed by atoms with van der Waals surface area (Å²) in [6.07, 6.45) is 7.60. The van der Waals surface area contributed by atoms with E-state index in [9.17, 15) is 0 Å². The van der Waals surface area contributed by atoms with E-state index < -0.39 is 0 Å². The Bertz CT molecular complexity index is 551. The first-order valence-electron chi connectivity index (χ1n) is 5.60. The van der Waals surface area contributed by atoms with Gasteiger partial charge in [-0.3, -0.25) is 0 Å². The number of hydrogen-bond acceptors (Lipinski definition) is 0. The van der Waals surface area contributed by atoms with Crippen LogP contribution in [0.1, 0.15) is 16.7 Å². The van der Waals surface area contributed by atoms with Crippen LogP contribution in [0.15, 0.2) is 54.6 Å². The summed E-state index contributed by atoms with van der Waals surface area (Å²) in [5.74, 6) is 2.74. The first kappa shape index (κ1) is 11.2. The van der Waals surface area contributed by atoms with E-state index in [0.29, 0.717) is 0 Å². The minimum Gasteiger partial charge on any atom is -0.115 e. The zero-order valence-electron chi connectivity index (χ0n) is 9.85. The second-order valence-electron chi connectivity index (χ2n) is 3.98. The van der Waals surface area contributed by atoms with Crippen LogP contribution in [0.4, 0.5) is 0 Å². The van der Waals surface area contributed by atoms with Crippen molar-refractivity contribution in [2.75, 3.05) is 0 Å². The lowest BCUT2D eigenvalue weighted by molar-refractivity contribution is 1.46. The summed E-state index contributed by atoms with van der Waals surface area (Å²) in [7, 11) is 0. The fraction of sp³-hybridized carbons (Fsp3) is 0.0588. The SMILES string of the molecule is C#C/C(=C\c1ccc(C)cc1)c1ccccc1. The molecule has 82 valence electrons. The molecule has 0 bridgehead atoms. The van der Waals surface area contributed by atoms with Crippen LogP contribution in [0.5, 0.6) is 0 Å². The molecule has 2 aromatic rings. The molecule has 17 heavy (non-hydrogen) atoms. The highest BCUT2D eigenvalue weighted by Gasteiger charge is 1.97. The molecule has 2 rings (SSSR count). The van der Waals surface area contributed by atoms with Crippen LogP contribution in [0.2, 0.25) is 0 Å². The lowest BCUT2D eigenvalue weighted by Gasteiger charge is -2.01. The Hall–Kier alpha value is -2.26. The van der Waals surface area contributed by atoms with Crippen molar-refractivity contribution in [3.05, 3.63) is 71.3 Å². The quantitative estimate of drug-likeness (QED) is 0.524. The monoisotopic (exact) mass is 218 g/mol. The molecule has 0 saturated carbocycles. The molecule has 0 heterocycles. The Morgan fingerprint density at radius 1 is 1.00 bits per heavy atom. The van der Waals surface area contributed by atoms with Crippen LogP contribution in [0.3, 0.4) is 0 Å². The van der Waals surface area contributed by atoms with Gasteiger partial charge in [-0.15, -0.1) is 6.42 Å². The normalized spacial score (nSPS) is 10.9. The molecule has 0 fully saturated rings. The maximum absolute atomic E-state index is 5.56. The summed E-state index contributed by atoms with van der Waals surface area (Å²) in [6, 6.07) is 18.4. The lowest BCUT2D eigenvalue weighted by Crippen LogP contribution is -1.81. The lowest BCUT2D eigenvalue weighted by atomic mass is 10.0. The van der Waals surface area contributed by atoms with Gasteiger partial charge >= 0.3 is 0 Å². The van der Waals surface area contributed by atoms with Crippen molar-refractivity contribution in [2.45, 2.75) is 6.92 Å². The van der Waals surface area contributed by atoms with Gasteiger partial charge in [-0.1, -0.05) is 66.1 Å². The highest BCUT2D eigenvalue weighted by molar-refractivity contribution is 5.90. The Labute approximate surface area is 103 Å². The van der Waals surface area contributed by atoms with E-state index in [4.69, 9.17) is 6.42 Å². The van der Waals surface area contributed by atoms with Crippen LogP contribution >= 0.6 is 0 Å². The van der Waals surface area contributed by atoms with Crippen LogP contribution < -0.4 is 0 Å². The van der Waals surface area contributed by atoms with Crippen LogP contribution in [0.25, 0.3) is 11.6 Å². The Morgan fingerprint density at radius 2 is 1.65 bits per heavy atom. The van der Waals surface area contributed by atoms with Crippen LogP contribution in [-0.2, 0) is 0 Å². The molecular weight excluding hydrogens is 204 g/mol. The number of terminal acetylenes is 1. The molecule has 0 aliphatic rings. The minimum atomic E-state index is 0.912. The van der Waals surface area contributed by atoms with Crippen molar-refractivity contribution in [3.8, 4) is 12.3 Å². The average molecular weight is 218 g/mol. The van der Waals surface area contributed by atoms with Crippen molar-refractivity contribution in [3.63, 3.8) is 0 Å². The van der Waals surface area contributed by atoms with E-state index in [2.05, 4.69) is 37.1 Å². The molecule has 0 atom stereocenters. The first-order chi connectivity index (χ1) is 8.29. The maximum Gasteiger partial charge on any atom is 0.0320 e. The van der Waals surface area contributed by atoms with Gasteiger partial charge in [0.1, 0.15) is 0 Å². The number of benzene rings is 2. The Kier molecular flexibility index (Phi) is 3.43. The third-order valence-electron chi connectivity index (χ3n) is 2.63. The topological polar surface area (TPSA) is 0 Å². The predicted octanol–water partition coefficient (Wildman–Crippen LogP) is 4.17. The standard InChI is InChI=1S/C17H14/c1-3-16(17-7-5-4-6-8-17)13-15-11-9-14(2)10-12-15/h1,4-13H,2H3/b16-13+. The Balaban J connectivity index is 2.37. The molecule has 0 N–H and O–H groups in total. The first-order valence-corrected chi connectivity index (χ1v) is 5.60. The number of allylic oxidation sites excluding steroid dienone is 1. The zero-order chi connectivity index (χ0) is 12.1. The molecule has 0 radical (unpaired) electrons. The molecule has 0 heteroatoms. The number of rotatable bonds is 2. The molecule has 2 aromatic carbocycles. The molecule has 0 unspecified atom stereocenters. The second kappa shape index (κ2) is 5.18. The van der Waals surface area contributed by atoms with E-state index in [1.807, 2.05) is 36.4 Å². The average Bonchev–Trinajstić information content (AvgIpc) is 2.39. The maximum atomic E-state index is 5.56. The van der Waals surface area contributed by atoms with E-state index in [0.717, 1.165) is 16.7 Å². The highest BCUT2D eigenvalue weighted by atomic mass is 14.0. The van der Waals surface area contributed by atoms with Crippen LogP contribution in [-0.4, -0.2) is 0 Å². The number of aryl methyl sites for hydroxylation is 1. The van der Waals surface area contributed by atoms with Crippen molar-refractivity contribution in [1.82, 2.24) is 0 Å². The summed E-state index contributed by atoms with van der Waals surface area (Å²) < 4.78 is 0. The molecule has 0 saturated heterocycles. The molecule has 0 aliphatic heterocycles. The molecular formula is C17H14. The largest absolute Gasteiger partial charge is 0.115 e. The predicted molar refractivity (Wildman–Crippen MR) is 74.3 cm³/mol. The highest BCUT2D eigenvalue weighted by Crippen LogP contribution is 2.17. The Morgan fingerprint density at radius 3 is 2.24 bits per heavy atom. The molecule has 0 aromatic heterocycles. The van der Waals surface area contributed by atoms with Gasteiger partial charge in [0.2, 0.25) is 0 Å². The van der Waals surface area contributed by atoms with Gasteiger partial charge in [-0.25, -0.2) is 0 Å². The smallest absolute Gasteiger partial charge is 0.0320 e. The third-order valence-corrected chi connectivity index (χ3v) is 2.63. The van der Waals surface area contributed by atoms with Gasteiger partial charge in [0, 0.05) is 5.57 Å². The van der Waals surface area contributed by atoms with Gasteiger partial charge < -0.3 is 0 Å². The van der Waals surface area contributed by atoms with E-state index in [-0.39, 0.29) is 0 Å².